The molecule has 0 amide bonds. The second kappa shape index (κ2) is 9.81. The number of nitrogens with one attached hydrogen (secondary N) is 1. The van der Waals surface area contributed by atoms with Crippen molar-refractivity contribution in [3.8, 4) is 5.75 Å². The molecular formula is C19H21F3IN5O. The number of imidazole rings is 1. The van der Waals surface area contributed by atoms with Gasteiger partial charge in [-0.2, -0.15) is 0 Å². The molecule has 0 aliphatic heterocycles. The molecule has 0 atom stereocenters. The van der Waals surface area contributed by atoms with Gasteiger partial charge in [0.15, 0.2) is 5.96 Å². The number of ether oxygens (including phenoxy) is 1. The van der Waals surface area contributed by atoms with Gasteiger partial charge in [0.2, 0.25) is 0 Å². The maximum Gasteiger partial charge on any atom is 0.573 e. The van der Waals surface area contributed by atoms with E-state index in [4.69, 9.17) is 5.73 Å². The largest absolute Gasteiger partial charge is 0.573 e. The fourth-order valence-corrected chi connectivity index (χ4v) is 2.67. The van der Waals surface area contributed by atoms with E-state index in [0.29, 0.717) is 13.0 Å². The lowest BCUT2D eigenvalue weighted by molar-refractivity contribution is -0.274. The number of benzene rings is 1. The van der Waals surface area contributed by atoms with Crippen LogP contribution in [-0.2, 0) is 13.0 Å². The summed E-state index contributed by atoms with van der Waals surface area (Å²) in [5.41, 5.74) is 9.53. The minimum atomic E-state index is -4.70. The smallest absolute Gasteiger partial charge is 0.406 e. The molecule has 2 aromatic heterocycles. The predicted octanol–water partition coefficient (Wildman–Crippen LogP) is 3.81. The van der Waals surface area contributed by atoms with Crippen LogP contribution < -0.4 is 15.8 Å². The van der Waals surface area contributed by atoms with Gasteiger partial charge in [-0.3, -0.25) is 0 Å². The molecule has 0 aliphatic carbocycles. The third-order valence-electron chi connectivity index (χ3n) is 4.00. The van der Waals surface area contributed by atoms with Crippen LogP contribution in [0.5, 0.6) is 5.75 Å². The topological polar surface area (TPSA) is 76.9 Å². The number of nitrogens with two attached hydrogens (primary N) is 1. The summed E-state index contributed by atoms with van der Waals surface area (Å²) in [5, 5.41) is 3.01. The summed E-state index contributed by atoms with van der Waals surface area (Å²) >= 11 is 0. The zero-order chi connectivity index (χ0) is 20.1. The van der Waals surface area contributed by atoms with E-state index in [1.165, 1.54) is 24.3 Å². The summed E-state index contributed by atoms with van der Waals surface area (Å²) in [7, 11) is 0. The number of aliphatic imine (C=N–C) groups is 1. The minimum absolute atomic E-state index is 0. The number of hydrogen-bond acceptors (Lipinski definition) is 3. The number of rotatable bonds is 6. The number of nitrogens with zero attached hydrogens (tertiary/aromatic N) is 3. The molecule has 3 rings (SSSR count). The van der Waals surface area contributed by atoms with Crippen LogP contribution in [0, 0.1) is 6.92 Å². The second-order valence-corrected chi connectivity index (χ2v) is 6.22. The van der Waals surface area contributed by atoms with Gasteiger partial charge in [0, 0.05) is 25.4 Å². The van der Waals surface area contributed by atoms with Gasteiger partial charge in [0.1, 0.15) is 11.4 Å². The molecule has 156 valence electrons. The number of halogens is 4. The van der Waals surface area contributed by atoms with Gasteiger partial charge in [0.05, 0.1) is 12.2 Å². The molecule has 6 nitrogen and oxygen atoms in total. The Morgan fingerprint density at radius 2 is 1.97 bits per heavy atom. The van der Waals surface area contributed by atoms with E-state index in [2.05, 4.69) is 20.0 Å². The van der Waals surface area contributed by atoms with Crippen molar-refractivity contribution in [3.05, 3.63) is 65.6 Å². The molecule has 3 aromatic rings. The highest BCUT2D eigenvalue weighted by molar-refractivity contribution is 14.0. The zero-order valence-corrected chi connectivity index (χ0v) is 17.9. The highest BCUT2D eigenvalue weighted by Crippen LogP contribution is 2.22. The van der Waals surface area contributed by atoms with Crippen LogP contribution in [0.15, 0.2) is 53.8 Å². The van der Waals surface area contributed by atoms with Crippen LogP contribution in [0.3, 0.4) is 0 Å². The third kappa shape index (κ3) is 6.80. The SMILES string of the molecule is Cc1cccn2cc(CCNC(N)=NCc3ccc(OC(F)(F)F)cc3)nc12.I. The van der Waals surface area contributed by atoms with Crippen molar-refractivity contribution in [1.82, 2.24) is 14.7 Å². The lowest BCUT2D eigenvalue weighted by Crippen LogP contribution is -2.33. The molecule has 2 heterocycles. The van der Waals surface area contributed by atoms with Gasteiger partial charge in [-0.05, 0) is 36.2 Å². The quantitative estimate of drug-likeness (QED) is 0.295. The number of guanidine groups is 1. The number of pyridine rings is 1. The number of aryl methyl sites for hydroxylation is 1. The molecule has 0 fully saturated rings. The molecule has 0 bridgehead atoms. The van der Waals surface area contributed by atoms with Gasteiger partial charge in [0.25, 0.3) is 0 Å². The Labute approximate surface area is 183 Å². The van der Waals surface area contributed by atoms with E-state index < -0.39 is 6.36 Å². The molecule has 10 heteroatoms. The van der Waals surface area contributed by atoms with Crippen LogP contribution >= 0.6 is 24.0 Å². The molecule has 0 radical (unpaired) electrons. The fourth-order valence-electron chi connectivity index (χ4n) is 2.67. The number of fused-ring (bicyclic) bond motifs is 1. The molecular weight excluding hydrogens is 498 g/mol. The van der Waals surface area contributed by atoms with Crippen LogP contribution in [0.1, 0.15) is 16.8 Å². The molecule has 0 spiro atoms. The normalized spacial score (nSPS) is 11.9. The second-order valence-electron chi connectivity index (χ2n) is 6.22. The highest BCUT2D eigenvalue weighted by atomic mass is 127. The van der Waals surface area contributed by atoms with Crippen molar-refractivity contribution >= 4 is 35.6 Å². The van der Waals surface area contributed by atoms with Gasteiger partial charge < -0.3 is 20.2 Å². The summed E-state index contributed by atoms with van der Waals surface area (Å²) < 4.78 is 42.2. The molecule has 0 saturated carbocycles. The highest BCUT2D eigenvalue weighted by Gasteiger charge is 2.30. The summed E-state index contributed by atoms with van der Waals surface area (Å²) in [6.07, 6.45) is -0.0938. The Bertz CT molecular complexity index is 970. The van der Waals surface area contributed by atoms with Crippen LogP contribution in [0.4, 0.5) is 13.2 Å². The number of aromatic nitrogens is 2. The predicted molar refractivity (Wildman–Crippen MR) is 116 cm³/mol. The van der Waals surface area contributed by atoms with E-state index >= 15 is 0 Å². The number of hydrogen-bond donors (Lipinski definition) is 2. The average molecular weight is 519 g/mol. The Hall–Kier alpha value is -2.50. The molecule has 3 N–H and O–H groups in total. The monoisotopic (exact) mass is 519 g/mol. The van der Waals surface area contributed by atoms with Crippen molar-refractivity contribution in [1.29, 1.82) is 0 Å². The summed E-state index contributed by atoms with van der Waals surface area (Å²) in [4.78, 5) is 8.77. The lowest BCUT2D eigenvalue weighted by Gasteiger charge is -2.09. The minimum Gasteiger partial charge on any atom is -0.406 e. The Morgan fingerprint density at radius 3 is 2.62 bits per heavy atom. The van der Waals surface area contributed by atoms with Crippen molar-refractivity contribution in [3.63, 3.8) is 0 Å². The summed E-state index contributed by atoms with van der Waals surface area (Å²) in [6, 6.07) is 9.49. The van der Waals surface area contributed by atoms with E-state index in [-0.39, 0.29) is 42.2 Å². The maximum atomic E-state index is 12.1. The van der Waals surface area contributed by atoms with Gasteiger partial charge in [-0.15, -0.1) is 37.1 Å². The Kier molecular flexibility index (Phi) is 7.71. The average Bonchev–Trinajstić information content (AvgIpc) is 3.04. The number of alkyl halides is 3. The Morgan fingerprint density at radius 1 is 1.24 bits per heavy atom. The van der Waals surface area contributed by atoms with E-state index in [9.17, 15) is 13.2 Å². The first-order valence-corrected chi connectivity index (χ1v) is 8.62. The van der Waals surface area contributed by atoms with Crippen LogP contribution in [0.2, 0.25) is 0 Å². The first-order valence-electron chi connectivity index (χ1n) is 8.62. The first kappa shape index (κ1) is 22.8. The van der Waals surface area contributed by atoms with Gasteiger partial charge in [-0.1, -0.05) is 18.2 Å². The summed E-state index contributed by atoms with van der Waals surface area (Å²) in [5.74, 6) is -0.00965. The lowest BCUT2D eigenvalue weighted by atomic mass is 10.2. The van der Waals surface area contributed by atoms with Crippen molar-refractivity contribution in [2.24, 2.45) is 10.7 Å². The standard InChI is InChI=1S/C19H20F3N5O.HI/c1-13-3-2-10-27-12-15(26-17(13)27)8-9-24-18(23)25-11-14-4-6-16(7-5-14)28-19(20,21)22;/h2-7,10,12H,8-9,11H2,1H3,(H3,23,24,25);1H. The molecule has 0 aliphatic rings. The Balaban J connectivity index is 0.00000300. The molecule has 29 heavy (non-hydrogen) atoms. The third-order valence-corrected chi connectivity index (χ3v) is 4.00. The maximum absolute atomic E-state index is 12.1. The van der Waals surface area contributed by atoms with Crippen molar-refractivity contribution in [2.45, 2.75) is 26.3 Å². The first-order chi connectivity index (χ1) is 13.3. The molecule has 1 aromatic carbocycles. The van der Waals surface area contributed by atoms with Gasteiger partial charge >= 0.3 is 6.36 Å². The van der Waals surface area contributed by atoms with Crippen LogP contribution in [-0.4, -0.2) is 28.3 Å². The van der Waals surface area contributed by atoms with E-state index in [0.717, 1.165) is 22.5 Å². The van der Waals surface area contributed by atoms with Crippen molar-refractivity contribution < 1.29 is 17.9 Å². The fraction of sp³-hybridized carbons (Fsp3) is 0.263. The zero-order valence-electron chi connectivity index (χ0n) is 15.6. The summed E-state index contributed by atoms with van der Waals surface area (Å²) in [6.45, 7) is 2.83. The van der Waals surface area contributed by atoms with E-state index in [1.807, 2.05) is 35.9 Å². The van der Waals surface area contributed by atoms with Crippen LogP contribution in [0.25, 0.3) is 5.65 Å². The van der Waals surface area contributed by atoms with E-state index in [1.54, 1.807) is 0 Å². The van der Waals surface area contributed by atoms with Crippen molar-refractivity contribution in [2.75, 3.05) is 6.54 Å². The van der Waals surface area contributed by atoms with Gasteiger partial charge in [-0.25, -0.2) is 9.98 Å². The molecule has 0 unspecified atom stereocenters. The molecule has 0 saturated heterocycles.